The monoisotopic (exact) mass is 338 g/mol. The molecule has 0 unspecified atom stereocenters. The molecule has 1 aromatic carbocycles. The molecule has 18 heavy (non-hydrogen) atoms. The van der Waals surface area contributed by atoms with Crippen LogP contribution >= 0.6 is 15.9 Å². The van der Waals surface area contributed by atoms with Crippen molar-refractivity contribution in [2.24, 2.45) is 0 Å². The van der Waals surface area contributed by atoms with Crippen molar-refractivity contribution in [1.29, 1.82) is 0 Å². The number of aliphatic hydroxyl groups is 1. The lowest BCUT2D eigenvalue weighted by molar-refractivity contribution is -0.276. The smallest absolute Gasteiger partial charge is 0.404 e. The summed E-state index contributed by atoms with van der Waals surface area (Å²) in [7, 11) is 0. The topological polar surface area (TPSA) is 29.5 Å². The summed E-state index contributed by atoms with van der Waals surface area (Å²) in [5.41, 5.74) is -1.80. The van der Waals surface area contributed by atoms with Gasteiger partial charge < -0.3 is 9.84 Å². The van der Waals surface area contributed by atoms with Gasteiger partial charge in [0, 0.05) is 0 Å². The molecule has 0 amide bonds. The van der Waals surface area contributed by atoms with Gasteiger partial charge >= 0.3 is 12.5 Å². The number of hydrogen-bond acceptors (Lipinski definition) is 2. The van der Waals surface area contributed by atoms with Crippen LogP contribution in [0.15, 0.2) is 16.6 Å². The normalized spacial score (nSPS) is 12.7. The van der Waals surface area contributed by atoms with Crippen LogP contribution in [0.4, 0.5) is 26.3 Å². The molecule has 0 aliphatic rings. The summed E-state index contributed by atoms with van der Waals surface area (Å²) in [5, 5.41) is 8.72. The zero-order chi connectivity index (χ0) is 14.1. The van der Waals surface area contributed by atoms with Crippen molar-refractivity contribution in [1.82, 2.24) is 0 Å². The molecule has 0 atom stereocenters. The molecule has 1 rings (SSSR count). The predicted molar refractivity (Wildman–Crippen MR) is 51.7 cm³/mol. The molecule has 0 aliphatic heterocycles. The maximum absolute atomic E-state index is 12.6. The van der Waals surface area contributed by atoms with Gasteiger partial charge in [-0.25, -0.2) is 0 Å². The van der Waals surface area contributed by atoms with Gasteiger partial charge in [-0.1, -0.05) is 0 Å². The lowest BCUT2D eigenvalue weighted by atomic mass is 10.1. The van der Waals surface area contributed by atoms with E-state index in [1.54, 1.807) is 0 Å². The number of rotatable bonds is 2. The standard InChI is InChI=1S/C9H5BrF6O2/c10-6-2-4(3-17)1-5(8(11,12)13)7(6)18-9(14,15)16/h1-2,17H,3H2. The van der Waals surface area contributed by atoms with E-state index in [1.165, 1.54) is 0 Å². The van der Waals surface area contributed by atoms with E-state index >= 15 is 0 Å². The summed E-state index contributed by atoms with van der Waals surface area (Å²) >= 11 is 2.55. The van der Waals surface area contributed by atoms with E-state index in [9.17, 15) is 26.3 Å². The van der Waals surface area contributed by atoms with E-state index < -0.39 is 34.9 Å². The summed E-state index contributed by atoms with van der Waals surface area (Å²) in [4.78, 5) is 0. The number of ether oxygens (including phenoxy) is 1. The lowest BCUT2D eigenvalue weighted by Gasteiger charge is -2.17. The highest BCUT2D eigenvalue weighted by atomic mass is 79.9. The Morgan fingerprint density at radius 2 is 1.67 bits per heavy atom. The van der Waals surface area contributed by atoms with Gasteiger partial charge in [-0.15, -0.1) is 13.2 Å². The molecular formula is C9H5BrF6O2. The molecule has 0 aliphatic carbocycles. The molecule has 0 spiro atoms. The fourth-order valence-electron chi connectivity index (χ4n) is 1.17. The molecular weight excluding hydrogens is 334 g/mol. The molecule has 102 valence electrons. The van der Waals surface area contributed by atoms with Crippen molar-refractivity contribution in [2.75, 3.05) is 0 Å². The Balaban J connectivity index is 3.39. The number of hydrogen-bond donors (Lipinski definition) is 1. The minimum Gasteiger partial charge on any atom is -0.404 e. The van der Waals surface area contributed by atoms with Gasteiger partial charge in [-0.3, -0.25) is 0 Å². The third-order valence-corrected chi connectivity index (χ3v) is 2.40. The maximum atomic E-state index is 12.6. The SMILES string of the molecule is OCc1cc(Br)c(OC(F)(F)F)c(C(F)(F)F)c1. The fourth-order valence-corrected chi connectivity index (χ4v) is 1.76. The summed E-state index contributed by atoms with van der Waals surface area (Å²) in [6.07, 6.45) is -10.3. The Bertz CT molecular complexity index is 440. The molecule has 2 nitrogen and oxygen atoms in total. The van der Waals surface area contributed by atoms with E-state index in [0.29, 0.717) is 6.07 Å². The van der Waals surface area contributed by atoms with Crippen LogP contribution in [-0.4, -0.2) is 11.5 Å². The number of benzene rings is 1. The highest BCUT2D eigenvalue weighted by molar-refractivity contribution is 9.10. The first-order valence-corrected chi connectivity index (χ1v) is 5.10. The van der Waals surface area contributed by atoms with Crippen molar-refractivity contribution in [3.63, 3.8) is 0 Å². The second-order valence-electron chi connectivity index (χ2n) is 3.16. The largest absolute Gasteiger partial charge is 0.573 e. The second-order valence-corrected chi connectivity index (χ2v) is 4.01. The number of alkyl halides is 6. The van der Waals surface area contributed by atoms with Crippen LogP contribution < -0.4 is 4.74 Å². The third kappa shape index (κ3) is 3.77. The molecule has 0 fully saturated rings. The van der Waals surface area contributed by atoms with Crippen LogP contribution in [0, 0.1) is 0 Å². The molecule has 1 aromatic rings. The first kappa shape index (κ1) is 15.1. The van der Waals surface area contributed by atoms with E-state index in [-0.39, 0.29) is 5.56 Å². The Labute approximate surface area is 105 Å². The van der Waals surface area contributed by atoms with Crippen molar-refractivity contribution < 1.29 is 36.2 Å². The Kier molecular flexibility index (Phi) is 4.16. The number of aliphatic hydroxyl groups excluding tert-OH is 1. The zero-order valence-corrected chi connectivity index (χ0v) is 9.95. The highest BCUT2D eigenvalue weighted by Gasteiger charge is 2.40. The average molecular weight is 339 g/mol. The Hall–Kier alpha value is -0.960. The summed E-state index contributed by atoms with van der Waals surface area (Å²) in [5.74, 6) is -1.38. The van der Waals surface area contributed by atoms with Crippen LogP contribution in [0.25, 0.3) is 0 Å². The van der Waals surface area contributed by atoms with Gasteiger partial charge in [0.15, 0.2) is 5.75 Å². The van der Waals surface area contributed by atoms with Crippen molar-refractivity contribution in [3.05, 3.63) is 27.7 Å². The zero-order valence-electron chi connectivity index (χ0n) is 8.36. The molecule has 0 aromatic heterocycles. The van der Waals surface area contributed by atoms with Gasteiger partial charge in [0.2, 0.25) is 0 Å². The van der Waals surface area contributed by atoms with Gasteiger partial charge in [0.1, 0.15) is 0 Å². The van der Waals surface area contributed by atoms with Gasteiger partial charge in [-0.05, 0) is 33.6 Å². The van der Waals surface area contributed by atoms with Crippen molar-refractivity contribution >= 4 is 15.9 Å². The van der Waals surface area contributed by atoms with Gasteiger partial charge in [-0.2, -0.15) is 13.2 Å². The summed E-state index contributed by atoms with van der Waals surface area (Å²) in [6, 6.07) is 1.31. The molecule has 9 heteroatoms. The van der Waals surface area contributed by atoms with Crippen molar-refractivity contribution in [3.8, 4) is 5.75 Å². The molecule has 0 saturated carbocycles. The second kappa shape index (κ2) is 4.96. The quantitative estimate of drug-likeness (QED) is 0.830. The molecule has 0 bridgehead atoms. The van der Waals surface area contributed by atoms with E-state index in [2.05, 4.69) is 20.7 Å². The van der Waals surface area contributed by atoms with Crippen LogP contribution in [0.3, 0.4) is 0 Å². The minimum absolute atomic E-state index is 0.191. The first-order valence-electron chi connectivity index (χ1n) is 4.31. The lowest BCUT2D eigenvalue weighted by Crippen LogP contribution is -2.20. The van der Waals surface area contributed by atoms with Crippen molar-refractivity contribution in [2.45, 2.75) is 19.1 Å². The Morgan fingerprint density at radius 1 is 1.11 bits per heavy atom. The molecule has 0 heterocycles. The van der Waals surface area contributed by atoms with Crippen LogP contribution in [0.1, 0.15) is 11.1 Å². The highest BCUT2D eigenvalue weighted by Crippen LogP contribution is 2.43. The average Bonchev–Trinajstić information content (AvgIpc) is 2.17. The minimum atomic E-state index is -5.25. The predicted octanol–water partition coefficient (Wildman–Crippen LogP) is 3.86. The van der Waals surface area contributed by atoms with E-state index in [4.69, 9.17) is 5.11 Å². The molecule has 1 N–H and O–H groups in total. The van der Waals surface area contributed by atoms with Crippen LogP contribution in [0.5, 0.6) is 5.75 Å². The van der Waals surface area contributed by atoms with Crippen LogP contribution in [0.2, 0.25) is 0 Å². The maximum Gasteiger partial charge on any atom is 0.573 e. The van der Waals surface area contributed by atoms with Crippen LogP contribution in [-0.2, 0) is 12.8 Å². The molecule has 0 radical (unpaired) electrons. The fraction of sp³-hybridized carbons (Fsp3) is 0.333. The summed E-state index contributed by atoms with van der Waals surface area (Å²) in [6.45, 7) is -0.742. The van der Waals surface area contributed by atoms with E-state index in [0.717, 1.165) is 6.07 Å². The summed E-state index contributed by atoms with van der Waals surface area (Å²) < 4.78 is 76.5. The number of halogens is 7. The van der Waals surface area contributed by atoms with Gasteiger partial charge in [0.25, 0.3) is 0 Å². The van der Waals surface area contributed by atoms with E-state index in [1.807, 2.05) is 0 Å². The Morgan fingerprint density at radius 3 is 2.06 bits per heavy atom. The third-order valence-electron chi connectivity index (χ3n) is 1.81. The van der Waals surface area contributed by atoms with Gasteiger partial charge in [0.05, 0.1) is 16.6 Å². The molecule has 0 saturated heterocycles. The first-order chi connectivity index (χ1) is 8.04.